The van der Waals surface area contributed by atoms with Crippen LogP contribution in [0.2, 0.25) is 0 Å². The number of hydrogen-bond donors (Lipinski definition) is 0. The summed E-state index contributed by atoms with van der Waals surface area (Å²) in [6.45, 7) is 0.569. The summed E-state index contributed by atoms with van der Waals surface area (Å²) in [6.07, 6.45) is 2.47. The molecule has 0 aromatic heterocycles. The molecule has 2 aromatic carbocycles. The quantitative estimate of drug-likeness (QED) is 0.546. The van der Waals surface area contributed by atoms with Gasteiger partial charge in [-0.05, 0) is 47.9 Å². The first kappa shape index (κ1) is 19.0. The minimum atomic E-state index is -0.315. The number of methoxy groups -OCH3 is 3. The van der Waals surface area contributed by atoms with Gasteiger partial charge in [0.1, 0.15) is 0 Å². The Hall–Kier alpha value is -3.35. The average Bonchev–Trinajstić information content (AvgIpc) is 3.34. The first-order chi connectivity index (χ1) is 14.1. The van der Waals surface area contributed by atoms with Gasteiger partial charge >= 0.3 is 5.97 Å². The lowest BCUT2D eigenvalue weighted by molar-refractivity contribution is -0.135. The Bertz CT molecular complexity index is 939. The fraction of sp³-hybridized carbons (Fsp3) is 0.318. The predicted molar refractivity (Wildman–Crippen MR) is 105 cm³/mol. The van der Waals surface area contributed by atoms with Gasteiger partial charge in [-0.2, -0.15) is 0 Å². The molecule has 2 aromatic rings. The zero-order valence-electron chi connectivity index (χ0n) is 16.5. The van der Waals surface area contributed by atoms with Crippen molar-refractivity contribution in [2.24, 2.45) is 5.92 Å². The van der Waals surface area contributed by atoms with Crippen molar-refractivity contribution in [3.8, 4) is 28.7 Å². The fourth-order valence-corrected chi connectivity index (χ4v) is 3.58. The molecule has 2 aliphatic heterocycles. The Morgan fingerprint density at radius 2 is 1.69 bits per heavy atom. The molecule has 1 saturated heterocycles. The second-order valence-electron chi connectivity index (χ2n) is 6.75. The van der Waals surface area contributed by atoms with Crippen molar-refractivity contribution in [3.05, 3.63) is 47.0 Å². The van der Waals surface area contributed by atoms with E-state index in [2.05, 4.69) is 0 Å². The van der Waals surface area contributed by atoms with E-state index in [1.165, 1.54) is 0 Å². The molecule has 4 rings (SSSR count). The lowest BCUT2D eigenvalue weighted by Gasteiger charge is -2.14. The first-order valence-electron chi connectivity index (χ1n) is 9.20. The Morgan fingerprint density at radius 1 is 0.966 bits per heavy atom. The topological polar surface area (TPSA) is 72.5 Å². The van der Waals surface area contributed by atoms with Gasteiger partial charge in [0.25, 0.3) is 0 Å². The number of esters is 1. The highest BCUT2D eigenvalue weighted by molar-refractivity contribution is 5.96. The van der Waals surface area contributed by atoms with Crippen molar-refractivity contribution in [2.45, 2.75) is 6.42 Å². The lowest BCUT2D eigenvalue weighted by Crippen LogP contribution is -2.07. The van der Waals surface area contributed by atoms with Crippen LogP contribution in [-0.4, -0.2) is 40.7 Å². The van der Waals surface area contributed by atoms with Gasteiger partial charge in [-0.25, -0.2) is 4.79 Å². The standard InChI is InChI=1S/C22H22O7/c1-24-19-9-14(10-20(25-2)21(19)26-3)7-16-15(11-27-22(16)23)6-13-4-5-17-18(8-13)29-12-28-17/h4-5,7-10,15H,6,11-12H2,1-3H3/t15-/m0/s1. The molecular weight excluding hydrogens is 376 g/mol. The van der Waals surface area contributed by atoms with Crippen LogP contribution in [0.5, 0.6) is 28.7 Å². The van der Waals surface area contributed by atoms with Gasteiger partial charge in [-0.1, -0.05) is 6.07 Å². The SMILES string of the molecule is COc1cc(C=C2C(=O)OC[C@@H]2Cc2ccc3c(c2)OCO3)cc(OC)c1OC. The van der Waals surface area contributed by atoms with E-state index in [-0.39, 0.29) is 18.7 Å². The minimum Gasteiger partial charge on any atom is -0.493 e. The van der Waals surface area contributed by atoms with Crippen LogP contribution in [0.25, 0.3) is 6.08 Å². The summed E-state index contributed by atoms with van der Waals surface area (Å²) in [7, 11) is 4.66. The zero-order valence-corrected chi connectivity index (χ0v) is 16.5. The molecule has 1 atom stereocenters. The number of rotatable bonds is 6. The van der Waals surface area contributed by atoms with Gasteiger partial charge < -0.3 is 28.4 Å². The van der Waals surface area contributed by atoms with E-state index in [0.717, 1.165) is 22.6 Å². The van der Waals surface area contributed by atoms with Crippen LogP contribution >= 0.6 is 0 Å². The molecule has 0 saturated carbocycles. The Kier molecular flexibility index (Phi) is 5.20. The second-order valence-corrected chi connectivity index (χ2v) is 6.75. The molecule has 0 bridgehead atoms. The number of cyclic esters (lactones) is 1. The highest BCUT2D eigenvalue weighted by Crippen LogP contribution is 2.40. The summed E-state index contributed by atoms with van der Waals surface area (Å²) >= 11 is 0. The molecule has 0 aliphatic carbocycles. The number of hydrogen-bond acceptors (Lipinski definition) is 7. The van der Waals surface area contributed by atoms with Gasteiger partial charge in [0.2, 0.25) is 12.5 Å². The summed E-state index contributed by atoms with van der Waals surface area (Å²) in [4.78, 5) is 12.4. The maximum absolute atomic E-state index is 12.4. The number of carbonyl (C=O) groups excluding carboxylic acids is 1. The van der Waals surface area contributed by atoms with E-state index in [1.807, 2.05) is 24.3 Å². The molecule has 2 aliphatic rings. The summed E-state index contributed by atoms with van der Waals surface area (Å²) in [6, 6.07) is 9.42. The fourth-order valence-electron chi connectivity index (χ4n) is 3.58. The van der Waals surface area contributed by atoms with Crippen LogP contribution in [0.15, 0.2) is 35.9 Å². The summed E-state index contributed by atoms with van der Waals surface area (Å²) < 4.78 is 32.3. The third-order valence-electron chi connectivity index (χ3n) is 5.02. The Labute approximate surface area is 168 Å². The van der Waals surface area contributed by atoms with Crippen molar-refractivity contribution in [2.75, 3.05) is 34.7 Å². The number of carbonyl (C=O) groups is 1. The molecule has 7 heteroatoms. The van der Waals surface area contributed by atoms with E-state index in [4.69, 9.17) is 28.4 Å². The van der Waals surface area contributed by atoms with Gasteiger partial charge in [0, 0.05) is 11.5 Å². The monoisotopic (exact) mass is 398 g/mol. The molecule has 1 fully saturated rings. The van der Waals surface area contributed by atoms with Crippen LogP contribution in [0, 0.1) is 5.92 Å². The van der Waals surface area contributed by atoms with Crippen LogP contribution in [0.3, 0.4) is 0 Å². The Morgan fingerprint density at radius 3 is 2.38 bits per heavy atom. The molecule has 0 spiro atoms. The van der Waals surface area contributed by atoms with Gasteiger partial charge in [0.15, 0.2) is 23.0 Å². The molecular formula is C22H22O7. The second kappa shape index (κ2) is 7.95. The van der Waals surface area contributed by atoms with Gasteiger partial charge in [0.05, 0.1) is 27.9 Å². The number of ether oxygens (including phenoxy) is 6. The van der Waals surface area contributed by atoms with E-state index < -0.39 is 0 Å². The molecule has 0 radical (unpaired) electrons. The smallest absolute Gasteiger partial charge is 0.334 e. The summed E-state index contributed by atoms with van der Waals surface area (Å²) in [5, 5.41) is 0. The maximum atomic E-state index is 12.4. The average molecular weight is 398 g/mol. The molecule has 152 valence electrons. The minimum absolute atomic E-state index is 0.0676. The van der Waals surface area contributed by atoms with Crippen LogP contribution in [0.4, 0.5) is 0 Å². The van der Waals surface area contributed by atoms with Crippen molar-refractivity contribution in [1.82, 2.24) is 0 Å². The predicted octanol–water partition coefficient (Wildman–Crippen LogP) is 3.24. The molecule has 29 heavy (non-hydrogen) atoms. The summed E-state index contributed by atoms with van der Waals surface area (Å²) in [5.41, 5.74) is 2.43. The van der Waals surface area contributed by atoms with Crippen molar-refractivity contribution in [3.63, 3.8) is 0 Å². The normalized spacial score (nSPS) is 18.7. The summed E-state index contributed by atoms with van der Waals surface area (Å²) in [5.74, 6) is 2.63. The molecule has 2 heterocycles. The van der Waals surface area contributed by atoms with Crippen molar-refractivity contribution < 1.29 is 33.2 Å². The number of benzene rings is 2. The van der Waals surface area contributed by atoms with Crippen molar-refractivity contribution >= 4 is 12.0 Å². The van der Waals surface area contributed by atoms with Crippen LogP contribution in [0.1, 0.15) is 11.1 Å². The molecule has 0 amide bonds. The highest BCUT2D eigenvalue weighted by Gasteiger charge is 2.31. The lowest BCUT2D eigenvalue weighted by atomic mass is 9.92. The van der Waals surface area contributed by atoms with Crippen LogP contribution in [-0.2, 0) is 16.0 Å². The maximum Gasteiger partial charge on any atom is 0.334 e. The van der Waals surface area contributed by atoms with E-state index in [9.17, 15) is 4.79 Å². The van der Waals surface area contributed by atoms with E-state index >= 15 is 0 Å². The van der Waals surface area contributed by atoms with Gasteiger partial charge in [-0.3, -0.25) is 0 Å². The van der Waals surface area contributed by atoms with E-state index in [0.29, 0.717) is 35.8 Å². The number of fused-ring (bicyclic) bond motifs is 1. The first-order valence-corrected chi connectivity index (χ1v) is 9.20. The largest absolute Gasteiger partial charge is 0.493 e. The third kappa shape index (κ3) is 3.68. The van der Waals surface area contributed by atoms with Crippen LogP contribution < -0.4 is 23.7 Å². The highest BCUT2D eigenvalue weighted by atomic mass is 16.7. The molecule has 7 nitrogen and oxygen atoms in total. The molecule has 0 N–H and O–H groups in total. The van der Waals surface area contributed by atoms with Crippen molar-refractivity contribution in [1.29, 1.82) is 0 Å². The molecule has 0 unspecified atom stereocenters. The van der Waals surface area contributed by atoms with E-state index in [1.54, 1.807) is 33.5 Å². The third-order valence-corrected chi connectivity index (χ3v) is 5.02. The van der Waals surface area contributed by atoms with Gasteiger partial charge in [-0.15, -0.1) is 0 Å². The Balaban J connectivity index is 1.63. The zero-order chi connectivity index (χ0) is 20.4.